The third kappa shape index (κ3) is 3.48. The molecule has 0 radical (unpaired) electrons. The van der Waals surface area contributed by atoms with Gasteiger partial charge in [-0.15, -0.1) is 0 Å². The largest absolute Gasteiger partial charge is 0.299 e. The van der Waals surface area contributed by atoms with Crippen molar-refractivity contribution in [3.8, 4) is 0 Å². The minimum atomic E-state index is -0.409. The first kappa shape index (κ1) is 16.6. The Bertz CT molecular complexity index is 740. The van der Waals surface area contributed by atoms with Crippen LogP contribution in [0, 0.1) is 13.8 Å². The van der Waals surface area contributed by atoms with Crippen molar-refractivity contribution in [3.05, 3.63) is 70.8 Å². The van der Waals surface area contributed by atoms with Crippen molar-refractivity contribution < 1.29 is 4.79 Å². The third-order valence-corrected chi connectivity index (χ3v) is 5.24. The number of hydrogen-bond acceptors (Lipinski definition) is 3. The Morgan fingerprint density at radius 1 is 1.04 bits per heavy atom. The summed E-state index contributed by atoms with van der Waals surface area (Å²) in [4.78, 5) is 17.8. The highest BCUT2D eigenvalue weighted by Gasteiger charge is 2.36. The second-order valence-electron chi connectivity index (χ2n) is 6.80. The summed E-state index contributed by atoms with van der Waals surface area (Å²) < 4.78 is 0. The van der Waals surface area contributed by atoms with Crippen LogP contribution >= 0.6 is 0 Å². The van der Waals surface area contributed by atoms with Gasteiger partial charge < -0.3 is 0 Å². The molecule has 3 heteroatoms. The summed E-state index contributed by atoms with van der Waals surface area (Å²) in [5, 5.41) is 0. The lowest BCUT2D eigenvalue weighted by Gasteiger charge is -2.38. The maximum atomic E-state index is 11.1. The molecule has 2 aromatic rings. The van der Waals surface area contributed by atoms with Crippen LogP contribution in [0.25, 0.3) is 0 Å². The number of isocyanates is 1. The van der Waals surface area contributed by atoms with Crippen LogP contribution < -0.4 is 0 Å². The zero-order valence-corrected chi connectivity index (χ0v) is 14.5. The van der Waals surface area contributed by atoms with Gasteiger partial charge in [-0.3, -0.25) is 4.90 Å². The molecule has 3 rings (SSSR count). The summed E-state index contributed by atoms with van der Waals surface area (Å²) in [5.41, 5.74) is 4.58. The number of aryl methyl sites for hydroxylation is 2. The topological polar surface area (TPSA) is 32.7 Å². The summed E-state index contributed by atoms with van der Waals surface area (Å²) in [6.07, 6.45) is 3.55. The van der Waals surface area contributed by atoms with E-state index in [2.05, 4.69) is 66.2 Å². The van der Waals surface area contributed by atoms with Gasteiger partial charge >= 0.3 is 0 Å². The molecule has 1 aliphatic rings. The molecule has 1 fully saturated rings. The van der Waals surface area contributed by atoms with Gasteiger partial charge in [-0.25, -0.2) is 4.79 Å². The molecule has 1 saturated heterocycles. The molecule has 24 heavy (non-hydrogen) atoms. The monoisotopic (exact) mass is 320 g/mol. The van der Waals surface area contributed by atoms with Crippen LogP contribution in [0.4, 0.5) is 0 Å². The van der Waals surface area contributed by atoms with E-state index < -0.39 is 5.54 Å². The fraction of sp³-hybridized carbons (Fsp3) is 0.381. The van der Waals surface area contributed by atoms with Gasteiger partial charge in [-0.05, 0) is 48.9 Å². The van der Waals surface area contributed by atoms with Crippen molar-refractivity contribution in [1.82, 2.24) is 4.90 Å². The zero-order chi connectivity index (χ0) is 17.0. The molecule has 0 spiro atoms. The molecule has 0 aliphatic carbocycles. The molecule has 1 heterocycles. The van der Waals surface area contributed by atoms with E-state index in [-0.39, 0.29) is 0 Å². The van der Waals surface area contributed by atoms with Crippen molar-refractivity contribution in [3.63, 3.8) is 0 Å². The molecule has 2 aromatic carbocycles. The molecule has 0 amide bonds. The van der Waals surface area contributed by atoms with Gasteiger partial charge in [0.05, 0.1) is 0 Å². The molecule has 0 unspecified atom stereocenters. The fourth-order valence-corrected chi connectivity index (χ4v) is 3.51. The van der Waals surface area contributed by atoms with Crippen molar-refractivity contribution >= 4 is 6.08 Å². The lowest BCUT2D eigenvalue weighted by Crippen LogP contribution is -2.41. The fourth-order valence-electron chi connectivity index (χ4n) is 3.51. The first-order chi connectivity index (χ1) is 11.6. The molecule has 0 N–H and O–H groups in total. The molecule has 0 aromatic heterocycles. The Labute approximate surface area is 144 Å². The Kier molecular flexibility index (Phi) is 4.94. The maximum Gasteiger partial charge on any atom is 0.235 e. The third-order valence-electron chi connectivity index (χ3n) is 5.24. The lowest BCUT2D eigenvalue weighted by atomic mass is 9.80. The minimum absolute atomic E-state index is 0.409. The summed E-state index contributed by atoms with van der Waals surface area (Å²) in [5.74, 6) is 0. The Balaban J connectivity index is 1.77. The summed E-state index contributed by atoms with van der Waals surface area (Å²) >= 11 is 0. The number of piperidine rings is 1. The van der Waals surface area contributed by atoms with Gasteiger partial charge in [0.1, 0.15) is 5.54 Å². The molecular weight excluding hydrogens is 296 g/mol. The number of carbonyl (C=O) groups excluding carboxylic acids is 1. The van der Waals surface area contributed by atoms with Crippen molar-refractivity contribution in [2.24, 2.45) is 4.99 Å². The van der Waals surface area contributed by atoms with Gasteiger partial charge in [0, 0.05) is 19.6 Å². The molecule has 3 nitrogen and oxygen atoms in total. The molecule has 0 saturated carbocycles. The standard InChI is InChI=1S/C21H24N2O/c1-17-8-9-20(14-18(17)2)21(22-16-24)10-12-23(13-11-21)15-19-6-4-3-5-7-19/h3-9,14H,10-13,15H2,1-2H3. The van der Waals surface area contributed by atoms with Crippen molar-refractivity contribution in [2.45, 2.75) is 38.8 Å². The zero-order valence-electron chi connectivity index (χ0n) is 14.5. The number of likely N-dealkylation sites (tertiary alicyclic amines) is 1. The predicted molar refractivity (Wildman–Crippen MR) is 96.7 cm³/mol. The van der Waals surface area contributed by atoms with Gasteiger partial charge in [0.15, 0.2) is 0 Å². The maximum absolute atomic E-state index is 11.1. The normalized spacial score (nSPS) is 17.2. The lowest BCUT2D eigenvalue weighted by molar-refractivity contribution is 0.156. The Morgan fingerprint density at radius 2 is 1.75 bits per heavy atom. The van der Waals surface area contributed by atoms with E-state index in [1.165, 1.54) is 16.7 Å². The number of nitrogens with zero attached hydrogens (tertiary/aromatic N) is 2. The highest BCUT2D eigenvalue weighted by molar-refractivity contribution is 5.41. The van der Waals surface area contributed by atoms with E-state index >= 15 is 0 Å². The van der Waals surface area contributed by atoms with Crippen LogP contribution in [0.3, 0.4) is 0 Å². The van der Waals surface area contributed by atoms with E-state index in [4.69, 9.17) is 0 Å². The van der Waals surface area contributed by atoms with Crippen molar-refractivity contribution in [1.29, 1.82) is 0 Å². The van der Waals surface area contributed by atoms with Gasteiger partial charge in [-0.2, -0.15) is 4.99 Å². The first-order valence-corrected chi connectivity index (χ1v) is 8.56. The summed E-state index contributed by atoms with van der Waals surface area (Å²) in [6.45, 7) is 7.05. The van der Waals surface area contributed by atoms with E-state index in [1.807, 2.05) is 12.1 Å². The highest BCUT2D eigenvalue weighted by Crippen LogP contribution is 2.37. The van der Waals surface area contributed by atoms with Crippen LogP contribution in [0.2, 0.25) is 0 Å². The van der Waals surface area contributed by atoms with Gasteiger partial charge in [0.25, 0.3) is 0 Å². The smallest absolute Gasteiger partial charge is 0.235 e. The van der Waals surface area contributed by atoms with Crippen LogP contribution in [0.1, 0.15) is 35.1 Å². The number of rotatable bonds is 4. The van der Waals surface area contributed by atoms with E-state index in [1.54, 1.807) is 0 Å². The van der Waals surface area contributed by atoms with Gasteiger partial charge in [-0.1, -0.05) is 48.5 Å². The Morgan fingerprint density at radius 3 is 2.38 bits per heavy atom. The average Bonchev–Trinajstić information content (AvgIpc) is 2.60. The highest BCUT2D eigenvalue weighted by atomic mass is 16.1. The molecule has 124 valence electrons. The molecule has 0 bridgehead atoms. The van der Waals surface area contributed by atoms with Crippen molar-refractivity contribution in [2.75, 3.05) is 13.1 Å². The number of hydrogen-bond donors (Lipinski definition) is 0. The second-order valence-corrected chi connectivity index (χ2v) is 6.80. The van der Waals surface area contributed by atoms with Crippen LogP contribution in [0.15, 0.2) is 53.5 Å². The van der Waals surface area contributed by atoms with E-state index in [9.17, 15) is 4.79 Å². The van der Waals surface area contributed by atoms with E-state index in [0.29, 0.717) is 0 Å². The van der Waals surface area contributed by atoms with Crippen LogP contribution in [0.5, 0.6) is 0 Å². The number of benzene rings is 2. The molecule has 1 aliphatic heterocycles. The minimum Gasteiger partial charge on any atom is -0.299 e. The number of aliphatic imine (C=N–C) groups is 1. The summed E-state index contributed by atoms with van der Waals surface area (Å²) in [7, 11) is 0. The summed E-state index contributed by atoms with van der Waals surface area (Å²) in [6, 6.07) is 17.0. The first-order valence-electron chi connectivity index (χ1n) is 8.56. The van der Waals surface area contributed by atoms with Crippen LogP contribution in [-0.4, -0.2) is 24.1 Å². The quantitative estimate of drug-likeness (QED) is 0.627. The second kappa shape index (κ2) is 7.12. The van der Waals surface area contributed by atoms with Gasteiger partial charge in [0.2, 0.25) is 6.08 Å². The molecular formula is C21H24N2O. The van der Waals surface area contributed by atoms with E-state index in [0.717, 1.165) is 38.0 Å². The predicted octanol–water partition coefficient (Wildman–Crippen LogP) is 4.13. The van der Waals surface area contributed by atoms with Crippen LogP contribution in [-0.2, 0) is 16.9 Å². The Hall–Kier alpha value is -2.22. The SMILES string of the molecule is Cc1ccc(C2(N=C=O)CCN(Cc3ccccc3)CC2)cc1C. The average molecular weight is 320 g/mol. The molecule has 0 atom stereocenters.